The van der Waals surface area contributed by atoms with E-state index in [2.05, 4.69) is 20.6 Å². The molecule has 1 amide bonds. The Kier molecular flexibility index (Phi) is 4.43. The van der Waals surface area contributed by atoms with E-state index in [1.807, 2.05) is 24.3 Å². The van der Waals surface area contributed by atoms with Crippen molar-refractivity contribution in [1.82, 2.24) is 20.2 Å². The van der Waals surface area contributed by atoms with Gasteiger partial charge in [-0.25, -0.2) is 23.5 Å². The van der Waals surface area contributed by atoms with Crippen LogP contribution in [0.25, 0.3) is 5.69 Å². The number of nitrogens with zero attached hydrogens (tertiary/aromatic N) is 4. The summed E-state index contributed by atoms with van der Waals surface area (Å²) in [6.45, 7) is 1.77. The van der Waals surface area contributed by atoms with Crippen molar-refractivity contribution >= 4 is 21.5 Å². The maximum absolute atomic E-state index is 12.0. The first-order valence-electron chi connectivity index (χ1n) is 7.44. The number of hydrogen-bond acceptors (Lipinski definition) is 6. The molecule has 0 unspecified atom stereocenters. The highest BCUT2D eigenvalue weighted by Crippen LogP contribution is 2.18. The number of aromatic nitrogens is 3. The van der Waals surface area contributed by atoms with Crippen LogP contribution in [0, 0.1) is 5.92 Å². The molecule has 1 aliphatic heterocycles. The van der Waals surface area contributed by atoms with E-state index in [1.165, 1.54) is 6.33 Å². The molecule has 0 aliphatic carbocycles. The molecule has 1 fully saturated rings. The molecule has 126 valence electrons. The van der Waals surface area contributed by atoms with Gasteiger partial charge in [-0.3, -0.25) is 4.79 Å². The highest BCUT2D eigenvalue weighted by molar-refractivity contribution is 7.91. The predicted molar refractivity (Wildman–Crippen MR) is 88.5 cm³/mol. The van der Waals surface area contributed by atoms with Gasteiger partial charge in [0.2, 0.25) is 5.91 Å². The van der Waals surface area contributed by atoms with Gasteiger partial charge in [-0.2, -0.15) is 10.2 Å². The molecule has 3 rings (SSSR count). The third kappa shape index (κ3) is 3.67. The third-order valence-corrected chi connectivity index (χ3v) is 5.67. The Morgan fingerprint density at radius 2 is 2.08 bits per heavy atom. The van der Waals surface area contributed by atoms with Crippen molar-refractivity contribution in [3.63, 3.8) is 0 Å². The van der Waals surface area contributed by atoms with Gasteiger partial charge in [0.05, 0.1) is 28.8 Å². The van der Waals surface area contributed by atoms with E-state index in [0.717, 1.165) is 11.3 Å². The van der Waals surface area contributed by atoms with Gasteiger partial charge in [0.1, 0.15) is 12.7 Å². The Hall–Kier alpha value is -2.55. The molecule has 1 aromatic carbocycles. The van der Waals surface area contributed by atoms with E-state index in [0.29, 0.717) is 12.1 Å². The third-order valence-electron chi connectivity index (χ3n) is 3.91. The predicted octanol–water partition coefficient (Wildman–Crippen LogP) is 0.542. The zero-order chi connectivity index (χ0) is 17.2. The minimum Gasteiger partial charge on any atom is -0.273 e. The van der Waals surface area contributed by atoms with Crippen molar-refractivity contribution < 1.29 is 13.2 Å². The second-order valence-electron chi connectivity index (χ2n) is 5.66. The Morgan fingerprint density at radius 3 is 2.67 bits per heavy atom. The van der Waals surface area contributed by atoms with Crippen LogP contribution >= 0.6 is 0 Å². The SMILES string of the molecule is C/C(=N/NC(=O)[C@@H]1CCS(=O)(=O)C1)c1ccc(-n2cncn2)cc1. The first kappa shape index (κ1) is 16.3. The zero-order valence-corrected chi connectivity index (χ0v) is 13.9. The first-order chi connectivity index (χ1) is 11.4. The number of carbonyl (C=O) groups is 1. The van der Waals surface area contributed by atoms with Crippen molar-refractivity contribution in [2.75, 3.05) is 11.5 Å². The summed E-state index contributed by atoms with van der Waals surface area (Å²) >= 11 is 0. The molecule has 1 aliphatic rings. The average molecular weight is 347 g/mol. The summed E-state index contributed by atoms with van der Waals surface area (Å²) in [5.74, 6) is -0.895. The molecule has 0 bridgehead atoms. The lowest BCUT2D eigenvalue weighted by Gasteiger charge is -2.07. The molecule has 0 saturated carbocycles. The van der Waals surface area contributed by atoms with Crippen molar-refractivity contribution in [3.05, 3.63) is 42.5 Å². The fraction of sp³-hybridized carbons (Fsp3) is 0.333. The molecule has 2 aromatic rings. The maximum Gasteiger partial charge on any atom is 0.244 e. The van der Waals surface area contributed by atoms with Crippen molar-refractivity contribution in [3.8, 4) is 5.69 Å². The fourth-order valence-electron chi connectivity index (χ4n) is 2.49. The van der Waals surface area contributed by atoms with Crippen LogP contribution in [0.1, 0.15) is 18.9 Å². The van der Waals surface area contributed by atoms with Crippen molar-refractivity contribution in [1.29, 1.82) is 0 Å². The molecule has 24 heavy (non-hydrogen) atoms. The molecular formula is C15H17N5O3S. The highest BCUT2D eigenvalue weighted by atomic mass is 32.2. The number of sulfone groups is 1. The molecule has 1 atom stereocenters. The molecule has 2 heterocycles. The highest BCUT2D eigenvalue weighted by Gasteiger charge is 2.32. The number of nitrogens with one attached hydrogen (secondary N) is 1. The second-order valence-corrected chi connectivity index (χ2v) is 7.89. The first-order valence-corrected chi connectivity index (χ1v) is 9.27. The number of hydrogen-bond donors (Lipinski definition) is 1. The molecule has 1 saturated heterocycles. The van der Waals surface area contributed by atoms with Gasteiger partial charge in [0.25, 0.3) is 0 Å². The summed E-state index contributed by atoms with van der Waals surface area (Å²) in [6.07, 6.45) is 3.42. The molecule has 9 heteroatoms. The number of carbonyl (C=O) groups excluding carboxylic acids is 1. The van der Waals surface area contributed by atoms with Crippen LogP contribution in [0.4, 0.5) is 0 Å². The quantitative estimate of drug-likeness (QED) is 0.642. The average Bonchev–Trinajstić information content (AvgIpc) is 3.22. The van der Waals surface area contributed by atoms with Crippen molar-refractivity contribution in [2.45, 2.75) is 13.3 Å². The lowest BCUT2D eigenvalue weighted by molar-refractivity contribution is -0.124. The van der Waals surface area contributed by atoms with Crippen LogP contribution in [0.15, 0.2) is 42.0 Å². The molecule has 0 spiro atoms. The van der Waals surface area contributed by atoms with Crippen LogP contribution in [-0.4, -0.2) is 46.3 Å². The van der Waals surface area contributed by atoms with Crippen LogP contribution < -0.4 is 5.43 Å². The van der Waals surface area contributed by atoms with Crippen LogP contribution in [-0.2, 0) is 14.6 Å². The minimum absolute atomic E-state index is 0.0670. The zero-order valence-electron chi connectivity index (χ0n) is 13.1. The van der Waals surface area contributed by atoms with Gasteiger partial charge in [-0.05, 0) is 31.0 Å². The van der Waals surface area contributed by atoms with E-state index in [9.17, 15) is 13.2 Å². The van der Waals surface area contributed by atoms with E-state index in [4.69, 9.17) is 0 Å². The summed E-state index contributed by atoms with van der Waals surface area (Å²) in [5.41, 5.74) is 4.80. The standard InChI is InChI=1S/C15H17N5O3S/c1-11(18-19-15(21)13-6-7-24(22,23)8-13)12-2-4-14(5-3-12)20-10-16-9-17-20/h2-5,9-10,13H,6-8H2,1H3,(H,19,21)/b18-11-/t13-/m1/s1. The minimum atomic E-state index is -3.08. The Balaban J connectivity index is 1.64. The topological polar surface area (TPSA) is 106 Å². The second kappa shape index (κ2) is 6.52. The van der Waals surface area contributed by atoms with Crippen molar-refractivity contribution in [2.24, 2.45) is 11.0 Å². The van der Waals surface area contributed by atoms with Gasteiger partial charge in [0, 0.05) is 0 Å². The van der Waals surface area contributed by atoms with Crippen LogP contribution in [0.3, 0.4) is 0 Å². The van der Waals surface area contributed by atoms with E-state index < -0.39 is 15.8 Å². The summed E-state index contributed by atoms with van der Waals surface area (Å²) in [5, 5.41) is 8.11. The van der Waals surface area contributed by atoms with Crippen LogP contribution in [0.5, 0.6) is 0 Å². The van der Waals surface area contributed by atoms with Gasteiger partial charge < -0.3 is 0 Å². The van der Waals surface area contributed by atoms with Gasteiger partial charge in [0.15, 0.2) is 9.84 Å². The van der Waals surface area contributed by atoms with Gasteiger partial charge in [-0.1, -0.05) is 12.1 Å². The largest absolute Gasteiger partial charge is 0.273 e. The molecule has 0 radical (unpaired) electrons. The smallest absolute Gasteiger partial charge is 0.244 e. The molecule has 8 nitrogen and oxygen atoms in total. The van der Waals surface area contributed by atoms with E-state index >= 15 is 0 Å². The number of amides is 1. The Bertz CT molecular complexity index is 857. The van der Waals surface area contributed by atoms with Gasteiger partial charge in [-0.15, -0.1) is 0 Å². The lowest BCUT2D eigenvalue weighted by Crippen LogP contribution is -2.28. The maximum atomic E-state index is 12.0. The Morgan fingerprint density at radius 1 is 1.33 bits per heavy atom. The lowest BCUT2D eigenvalue weighted by atomic mass is 10.1. The monoisotopic (exact) mass is 347 g/mol. The van der Waals surface area contributed by atoms with E-state index in [1.54, 1.807) is 17.9 Å². The number of benzene rings is 1. The van der Waals surface area contributed by atoms with Crippen LogP contribution in [0.2, 0.25) is 0 Å². The summed E-state index contributed by atoms with van der Waals surface area (Å²) in [6, 6.07) is 7.47. The Labute approximate surface area is 139 Å². The summed E-state index contributed by atoms with van der Waals surface area (Å²) in [7, 11) is -3.08. The van der Waals surface area contributed by atoms with Gasteiger partial charge >= 0.3 is 0 Å². The van der Waals surface area contributed by atoms with E-state index in [-0.39, 0.29) is 17.4 Å². The molecule has 1 N–H and O–H groups in total. The number of rotatable bonds is 4. The summed E-state index contributed by atoms with van der Waals surface area (Å²) < 4.78 is 24.5. The summed E-state index contributed by atoms with van der Waals surface area (Å²) in [4.78, 5) is 15.9. The fourth-order valence-corrected chi connectivity index (χ4v) is 4.23. The normalized spacial score (nSPS) is 20.0. The molecular weight excluding hydrogens is 330 g/mol. The number of hydrazone groups is 1. The molecule has 1 aromatic heterocycles.